The van der Waals surface area contributed by atoms with Crippen molar-refractivity contribution in [1.82, 2.24) is 0 Å². The zero-order valence-corrected chi connectivity index (χ0v) is 14.3. The summed E-state index contributed by atoms with van der Waals surface area (Å²) in [5, 5.41) is 1.95. The van der Waals surface area contributed by atoms with Gasteiger partial charge in [0.25, 0.3) is 11.8 Å². The highest BCUT2D eigenvalue weighted by atomic mass is 79.9. The van der Waals surface area contributed by atoms with Gasteiger partial charge in [0.15, 0.2) is 0 Å². The second kappa shape index (κ2) is 4.77. The molecule has 5 rings (SSSR count). The second-order valence-electron chi connectivity index (χ2n) is 6.22. The first-order valence-electron chi connectivity index (χ1n) is 7.87. The summed E-state index contributed by atoms with van der Waals surface area (Å²) in [5.74, 6) is -0.498. The molecule has 3 aromatic carbocycles. The average molecular weight is 378 g/mol. The van der Waals surface area contributed by atoms with Crippen molar-refractivity contribution in [3.8, 4) is 0 Å². The number of aryl methyl sites for hydroxylation is 2. The molecule has 24 heavy (non-hydrogen) atoms. The molecule has 0 spiro atoms. The number of carbonyl (C=O) groups excluding carboxylic acids is 2. The van der Waals surface area contributed by atoms with Gasteiger partial charge in [-0.2, -0.15) is 0 Å². The van der Waals surface area contributed by atoms with Crippen molar-refractivity contribution in [2.24, 2.45) is 0 Å². The molecular formula is C20H12BrNO2. The topological polar surface area (TPSA) is 37.4 Å². The van der Waals surface area contributed by atoms with Crippen LogP contribution < -0.4 is 4.90 Å². The molecule has 0 saturated carbocycles. The van der Waals surface area contributed by atoms with Gasteiger partial charge in [0.1, 0.15) is 0 Å². The van der Waals surface area contributed by atoms with E-state index in [0.29, 0.717) is 16.8 Å². The van der Waals surface area contributed by atoms with E-state index in [1.165, 1.54) is 16.0 Å². The fraction of sp³-hybridized carbons (Fsp3) is 0.100. The molecule has 0 unspecified atom stereocenters. The third-order valence-electron chi connectivity index (χ3n) is 4.93. The predicted octanol–water partition coefficient (Wildman–Crippen LogP) is 4.50. The van der Waals surface area contributed by atoms with Crippen LogP contribution in [0.2, 0.25) is 0 Å². The molecule has 1 aliphatic carbocycles. The lowest BCUT2D eigenvalue weighted by molar-refractivity contribution is 0.0893. The maximum atomic E-state index is 13.1. The van der Waals surface area contributed by atoms with E-state index >= 15 is 0 Å². The van der Waals surface area contributed by atoms with E-state index in [1.54, 1.807) is 12.1 Å². The largest absolute Gasteiger partial charge is 0.268 e. The fourth-order valence-electron chi connectivity index (χ4n) is 3.87. The number of hydrogen-bond donors (Lipinski definition) is 0. The standard InChI is InChI=1S/C20H12BrNO2/c21-13-2-1-3-14(10-13)22-19(23)15-8-6-11-4-5-12-7-9-16(20(22)24)18(15)17(11)12/h1-3,6-10H,4-5H2. The van der Waals surface area contributed by atoms with Crippen molar-refractivity contribution in [2.75, 3.05) is 4.90 Å². The van der Waals surface area contributed by atoms with Gasteiger partial charge in [0.2, 0.25) is 0 Å². The monoisotopic (exact) mass is 377 g/mol. The molecule has 0 fully saturated rings. The molecule has 0 atom stereocenters. The van der Waals surface area contributed by atoms with Gasteiger partial charge in [-0.3, -0.25) is 9.59 Å². The van der Waals surface area contributed by atoms with Gasteiger partial charge in [0, 0.05) is 21.0 Å². The number of nitrogens with zero attached hydrogens (tertiary/aromatic N) is 1. The van der Waals surface area contributed by atoms with Crippen molar-refractivity contribution < 1.29 is 9.59 Å². The lowest BCUT2D eigenvalue weighted by Crippen LogP contribution is -2.40. The number of hydrogen-bond acceptors (Lipinski definition) is 2. The van der Waals surface area contributed by atoms with E-state index in [0.717, 1.165) is 28.1 Å². The summed E-state index contributed by atoms with van der Waals surface area (Å²) < 4.78 is 0.833. The Bertz CT molecular complexity index is 1010. The average Bonchev–Trinajstić information content (AvgIpc) is 3.00. The Labute approximate surface area is 147 Å². The van der Waals surface area contributed by atoms with Crippen molar-refractivity contribution >= 4 is 44.2 Å². The lowest BCUT2D eigenvalue weighted by atomic mass is 9.91. The van der Waals surface area contributed by atoms with E-state index in [1.807, 2.05) is 36.4 Å². The van der Waals surface area contributed by atoms with Crippen LogP contribution in [0.1, 0.15) is 31.8 Å². The Balaban J connectivity index is 1.81. The molecular weight excluding hydrogens is 366 g/mol. The first-order valence-corrected chi connectivity index (χ1v) is 8.66. The van der Waals surface area contributed by atoms with Crippen LogP contribution in [0.5, 0.6) is 0 Å². The van der Waals surface area contributed by atoms with E-state index in [4.69, 9.17) is 0 Å². The Hall–Kier alpha value is -2.46. The minimum atomic E-state index is -0.249. The maximum absolute atomic E-state index is 13.1. The second-order valence-corrected chi connectivity index (χ2v) is 7.14. The minimum absolute atomic E-state index is 0.249. The van der Waals surface area contributed by atoms with E-state index in [-0.39, 0.29) is 11.8 Å². The predicted molar refractivity (Wildman–Crippen MR) is 96.6 cm³/mol. The smallest absolute Gasteiger partial charge is 0.265 e. The summed E-state index contributed by atoms with van der Waals surface area (Å²) >= 11 is 3.41. The molecule has 2 amide bonds. The molecule has 0 radical (unpaired) electrons. The maximum Gasteiger partial charge on any atom is 0.265 e. The van der Waals surface area contributed by atoms with Crippen LogP contribution in [0, 0.1) is 0 Å². The molecule has 3 nitrogen and oxygen atoms in total. The molecule has 0 aromatic heterocycles. The zero-order valence-electron chi connectivity index (χ0n) is 12.7. The zero-order chi connectivity index (χ0) is 16.4. The van der Waals surface area contributed by atoms with Crippen LogP contribution in [0.15, 0.2) is 53.0 Å². The Morgan fingerprint density at radius 2 is 1.42 bits per heavy atom. The number of rotatable bonds is 1. The van der Waals surface area contributed by atoms with Crippen molar-refractivity contribution in [1.29, 1.82) is 0 Å². The first kappa shape index (κ1) is 13.9. The van der Waals surface area contributed by atoms with Crippen LogP contribution in [0.25, 0.3) is 10.8 Å². The molecule has 0 N–H and O–H groups in total. The highest BCUT2D eigenvalue weighted by molar-refractivity contribution is 9.10. The molecule has 3 aromatic rings. The molecule has 0 saturated heterocycles. The summed E-state index contributed by atoms with van der Waals surface area (Å²) in [5.41, 5.74) is 4.30. The van der Waals surface area contributed by atoms with E-state index in [9.17, 15) is 9.59 Å². The Kier molecular flexibility index (Phi) is 2.77. The Morgan fingerprint density at radius 1 is 0.792 bits per heavy atom. The number of amides is 2. The van der Waals surface area contributed by atoms with Gasteiger partial charge in [-0.15, -0.1) is 0 Å². The normalized spacial score (nSPS) is 15.5. The van der Waals surface area contributed by atoms with Gasteiger partial charge < -0.3 is 0 Å². The quantitative estimate of drug-likeness (QED) is 0.585. The van der Waals surface area contributed by atoms with Crippen LogP contribution in [0.4, 0.5) is 5.69 Å². The van der Waals surface area contributed by atoms with Gasteiger partial charge >= 0.3 is 0 Å². The van der Waals surface area contributed by atoms with Crippen molar-refractivity contribution in [3.05, 3.63) is 75.3 Å². The molecule has 1 heterocycles. The summed E-state index contributed by atoms with van der Waals surface area (Å²) in [4.78, 5) is 27.4. The molecule has 1 aliphatic heterocycles. The van der Waals surface area contributed by atoms with Gasteiger partial charge in [0.05, 0.1) is 5.69 Å². The summed E-state index contributed by atoms with van der Waals surface area (Å²) in [6.07, 6.45) is 1.96. The highest BCUT2D eigenvalue weighted by Crippen LogP contribution is 2.39. The van der Waals surface area contributed by atoms with Crippen LogP contribution in [0.3, 0.4) is 0 Å². The van der Waals surface area contributed by atoms with Gasteiger partial charge in [-0.1, -0.05) is 34.1 Å². The van der Waals surface area contributed by atoms with Crippen LogP contribution >= 0.6 is 15.9 Å². The molecule has 0 bridgehead atoms. The molecule has 4 heteroatoms. The lowest BCUT2D eigenvalue weighted by Gasteiger charge is -2.27. The van der Waals surface area contributed by atoms with Crippen molar-refractivity contribution in [3.63, 3.8) is 0 Å². The third-order valence-corrected chi connectivity index (χ3v) is 5.42. The molecule has 2 aliphatic rings. The van der Waals surface area contributed by atoms with Crippen LogP contribution in [-0.4, -0.2) is 11.8 Å². The van der Waals surface area contributed by atoms with Crippen LogP contribution in [-0.2, 0) is 12.8 Å². The number of benzene rings is 3. The third kappa shape index (κ3) is 1.72. The number of imide groups is 1. The van der Waals surface area contributed by atoms with Gasteiger partial charge in [-0.25, -0.2) is 4.90 Å². The van der Waals surface area contributed by atoms with Crippen molar-refractivity contribution in [2.45, 2.75) is 12.8 Å². The highest BCUT2D eigenvalue weighted by Gasteiger charge is 2.35. The van der Waals surface area contributed by atoms with Gasteiger partial charge in [-0.05, 0) is 59.7 Å². The SMILES string of the molecule is O=C1c2ccc3c4c(ccc(c24)C(=O)N1c1cccc(Br)c1)CC3. The summed E-state index contributed by atoms with van der Waals surface area (Å²) in [6.45, 7) is 0. The Morgan fingerprint density at radius 3 is 2.00 bits per heavy atom. The summed E-state index contributed by atoms with van der Waals surface area (Å²) in [6, 6.07) is 15.1. The van der Waals surface area contributed by atoms with E-state index < -0.39 is 0 Å². The fourth-order valence-corrected chi connectivity index (χ4v) is 4.26. The molecule has 116 valence electrons. The number of halogens is 1. The number of carbonyl (C=O) groups is 2. The first-order chi connectivity index (χ1) is 11.6. The summed E-state index contributed by atoms with van der Waals surface area (Å²) in [7, 11) is 0. The minimum Gasteiger partial charge on any atom is -0.268 e. The van der Waals surface area contributed by atoms with E-state index in [2.05, 4.69) is 15.9 Å². The number of anilines is 1.